The highest BCUT2D eigenvalue weighted by Crippen LogP contribution is 2.22. The summed E-state index contributed by atoms with van der Waals surface area (Å²) in [4.78, 5) is 16.4. The maximum atomic E-state index is 12.4. The largest absolute Gasteiger partial charge is 0.347 e. The number of benzene rings is 1. The number of hydrogen-bond acceptors (Lipinski definition) is 4. The average molecular weight is 349 g/mol. The van der Waals surface area contributed by atoms with Crippen LogP contribution in [0.25, 0.3) is 16.0 Å². The van der Waals surface area contributed by atoms with Crippen LogP contribution < -0.4 is 10.7 Å². The highest BCUT2D eigenvalue weighted by atomic mass is 16.1. The van der Waals surface area contributed by atoms with Gasteiger partial charge in [-0.05, 0) is 42.7 Å². The number of carbonyl (C=O) groups is 1. The molecule has 2 aromatic heterocycles. The minimum absolute atomic E-state index is 0.257. The number of nitrogens with zero attached hydrogens (tertiary/aromatic N) is 4. The number of rotatable bonds is 6. The Labute approximate surface area is 151 Å². The van der Waals surface area contributed by atoms with Crippen molar-refractivity contribution in [2.75, 3.05) is 10.7 Å². The summed E-state index contributed by atoms with van der Waals surface area (Å²) in [5, 5.41) is 15.3. The second-order valence-corrected chi connectivity index (χ2v) is 6.56. The Morgan fingerprint density at radius 3 is 2.88 bits per heavy atom. The van der Waals surface area contributed by atoms with Crippen LogP contribution in [0.4, 0.5) is 11.5 Å². The molecule has 0 aliphatic heterocycles. The molecule has 0 fully saturated rings. The summed E-state index contributed by atoms with van der Waals surface area (Å²) in [6.45, 7) is 5.41. The van der Waals surface area contributed by atoms with Gasteiger partial charge in [-0.25, -0.2) is 4.98 Å². The lowest BCUT2D eigenvalue weighted by Gasteiger charge is -2.09. The van der Waals surface area contributed by atoms with Gasteiger partial charge in [0.05, 0.1) is 0 Å². The Bertz CT molecular complexity index is 970. The molecule has 26 heavy (non-hydrogen) atoms. The molecule has 0 aliphatic carbocycles. The first-order valence-electron chi connectivity index (χ1n) is 8.53. The molecule has 0 atom stereocenters. The third kappa shape index (κ3) is 3.98. The molecule has 7 heteroatoms. The number of hydrogen-bond donors (Lipinski definition) is 2. The maximum absolute atomic E-state index is 12.4. The van der Waals surface area contributed by atoms with E-state index in [2.05, 4.69) is 51.5 Å². The fourth-order valence-electron chi connectivity index (χ4n) is 2.76. The van der Waals surface area contributed by atoms with E-state index in [0.717, 1.165) is 29.6 Å². The molecule has 0 saturated carbocycles. The van der Waals surface area contributed by atoms with E-state index in [-0.39, 0.29) is 11.7 Å². The first kappa shape index (κ1) is 17.4. The van der Waals surface area contributed by atoms with Crippen LogP contribution in [0.15, 0.2) is 48.8 Å². The maximum Gasteiger partial charge on any atom is 0.309 e. The van der Waals surface area contributed by atoms with Crippen molar-refractivity contribution in [2.24, 2.45) is 5.92 Å². The minimum atomic E-state index is -0.257. The molecular weight excluding hydrogens is 328 g/mol. The zero-order chi connectivity index (χ0) is 18.5. The van der Waals surface area contributed by atoms with E-state index in [0.29, 0.717) is 11.5 Å². The SMILES string of the molecule is CC(C)CCn1ccc2cc(NC(=O)c3ccnc(N[N+]#N)c3)ccc21. The fourth-order valence-corrected chi connectivity index (χ4v) is 2.76. The standard InChI is InChI=1S/C19H20N6O/c1-13(2)6-9-25-10-7-14-11-16(3-4-17(14)25)22-19(26)15-5-8-21-18(12-15)23-24-20/h3-5,7-8,10-13H,6,9H2,1-2H3,(H-,21,22,23,26)/p+1. The van der Waals surface area contributed by atoms with Crippen molar-refractivity contribution >= 4 is 28.3 Å². The highest BCUT2D eigenvalue weighted by molar-refractivity contribution is 6.05. The number of anilines is 2. The van der Waals surface area contributed by atoms with Crippen molar-refractivity contribution in [2.45, 2.75) is 26.8 Å². The van der Waals surface area contributed by atoms with Crippen LogP contribution in [0.1, 0.15) is 30.6 Å². The molecule has 1 amide bonds. The van der Waals surface area contributed by atoms with E-state index >= 15 is 0 Å². The molecule has 2 heterocycles. The van der Waals surface area contributed by atoms with Gasteiger partial charge >= 0.3 is 5.08 Å². The van der Waals surface area contributed by atoms with Crippen molar-refractivity contribution in [3.63, 3.8) is 0 Å². The lowest BCUT2D eigenvalue weighted by atomic mass is 10.1. The number of aryl methyl sites for hydroxylation is 1. The van der Waals surface area contributed by atoms with Gasteiger partial charge in [-0.1, -0.05) is 13.8 Å². The van der Waals surface area contributed by atoms with E-state index in [1.54, 1.807) is 6.07 Å². The van der Waals surface area contributed by atoms with E-state index < -0.39 is 0 Å². The second-order valence-electron chi connectivity index (χ2n) is 6.56. The van der Waals surface area contributed by atoms with E-state index in [9.17, 15) is 4.79 Å². The Morgan fingerprint density at radius 2 is 2.12 bits per heavy atom. The molecule has 0 saturated heterocycles. The number of aromatic nitrogens is 2. The molecule has 7 nitrogen and oxygen atoms in total. The van der Waals surface area contributed by atoms with Crippen LogP contribution in [0.3, 0.4) is 0 Å². The first-order valence-corrected chi connectivity index (χ1v) is 8.53. The highest BCUT2D eigenvalue weighted by Gasteiger charge is 2.10. The lowest BCUT2D eigenvalue weighted by molar-refractivity contribution is 0.102. The number of pyridine rings is 1. The molecule has 2 N–H and O–H groups in total. The monoisotopic (exact) mass is 349 g/mol. The van der Waals surface area contributed by atoms with Gasteiger partial charge in [-0.3, -0.25) is 4.79 Å². The van der Waals surface area contributed by atoms with Crippen LogP contribution in [0.5, 0.6) is 0 Å². The molecule has 3 aromatic rings. The molecule has 1 aromatic carbocycles. The van der Waals surface area contributed by atoms with Gasteiger partial charge in [0.2, 0.25) is 5.82 Å². The summed E-state index contributed by atoms with van der Waals surface area (Å²) in [5.41, 5.74) is 4.60. The third-order valence-corrected chi connectivity index (χ3v) is 4.16. The normalized spacial score (nSPS) is 10.7. The van der Waals surface area contributed by atoms with Crippen molar-refractivity contribution in [1.29, 1.82) is 5.39 Å². The van der Waals surface area contributed by atoms with Crippen LogP contribution >= 0.6 is 0 Å². The Hall–Kier alpha value is -3.40. The van der Waals surface area contributed by atoms with Gasteiger partial charge < -0.3 is 9.88 Å². The third-order valence-electron chi connectivity index (χ3n) is 4.16. The summed E-state index contributed by atoms with van der Waals surface area (Å²) in [5.74, 6) is 0.689. The summed E-state index contributed by atoms with van der Waals surface area (Å²) in [6, 6.07) is 11.0. The van der Waals surface area contributed by atoms with Gasteiger partial charge in [-0.2, -0.15) is 0 Å². The smallest absolute Gasteiger partial charge is 0.309 e. The van der Waals surface area contributed by atoms with Gasteiger partial charge in [0.1, 0.15) is 0 Å². The molecule has 0 bridgehead atoms. The molecule has 0 aliphatic rings. The molecule has 0 radical (unpaired) electrons. The second kappa shape index (κ2) is 7.66. The number of diazo groups is 1. The van der Waals surface area contributed by atoms with Gasteiger partial charge in [-0.15, -0.1) is 0 Å². The summed E-state index contributed by atoms with van der Waals surface area (Å²) >= 11 is 0. The van der Waals surface area contributed by atoms with E-state index in [4.69, 9.17) is 5.39 Å². The van der Waals surface area contributed by atoms with E-state index in [1.165, 1.54) is 12.3 Å². The molecule has 0 unspecified atom stereocenters. The number of amides is 1. The Balaban J connectivity index is 1.76. The summed E-state index contributed by atoms with van der Waals surface area (Å²) in [6.07, 6.45) is 4.68. The first-order chi connectivity index (χ1) is 12.6. The van der Waals surface area contributed by atoms with Gasteiger partial charge in [0.15, 0.2) is 0 Å². The molecular formula is C19H21N6O+. The lowest BCUT2D eigenvalue weighted by Crippen LogP contribution is -2.12. The predicted molar refractivity (Wildman–Crippen MR) is 102 cm³/mol. The predicted octanol–water partition coefficient (Wildman–Crippen LogP) is 4.51. The minimum Gasteiger partial charge on any atom is -0.347 e. The van der Waals surface area contributed by atoms with Crippen LogP contribution in [-0.4, -0.2) is 15.5 Å². The quantitative estimate of drug-likeness (QED) is 0.506. The Morgan fingerprint density at radius 1 is 1.27 bits per heavy atom. The Kier molecular flexibility index (Phi) is 5.13. The number of fused-ring (bicyclic) bond motifs is 1. The number of nitrogens with one attached hydrogen (secondary N) is 2. The van der Waals surface area contributed by atoms with Crippen LogP contribution in [-0.2, 0) is 6.54 Å². The van der Waals surface area contributed by atoms with Crippen LogP contribution in [0, 0.1) is 11.3 Å². The topological polar surface area (TPSA) is 87.1 Å². The van der Waals surface area contributed by atoms with Crippen molar-refractivity contribution in [1.82, 2.24) is 9.55 Å². The zero-order valence-electron chi connectivity index (χ0n) is 14.8. The molecule has 3 rings (SSSR count). The molecule has 0 spiro atoms. The number of carbonyl (C=O) groups excluding carboxylic acids is 1. The molecule has 132 valence electrons. The zero-order valence-corrected chi connectivity index (χ0v) is 14.8. The summed E-state index contributed by atoms with van der Waals surface area (Å²) in [7, 11) is 0. The van der Waals surface area contributed by atoms with Gasteiger partial charge in [0.25, 0.3) is 11.3 Å². The fraction of sp³-hybridized carbons (Fsp3) is 0.263. The van der Waals surface area contributed by atoms with Crippen molar-refractivity contribution in [3.8, 4) is 0 Å². The van der Waals surface area contributed by atoms with Crippen molar-refractivity contribution in [3.05, 3.63) is 59.4 Å². The van der Waals surface area contributed by atoms with Crippen molar-refractivity contribution < 1.29 is 4.79 Å². The van der Waals surface area contributed by atoms with Crippen LogP contribution in [0.2, 0.25) is 0 Å². The van der Waals surface area contributed by atoms with Gasteiger partial charge in [0, 0.05) is 52.6 Å². The van der Waals surface area contributed by atoms with E-state index in [1.807, 2.05) is 18.2 Å². The summed E-state index contributed by atoms with van der Waals surface area (Å²) < 4.78 is 2.24. The average Bonchev–Trinajstić information content (AvgIpc) is 3.03.